The number of rotatable bonds is 1. The van der Waals surface area contributed by atoms with E-state index in [0.29, 0.717) is 10.0 Å². The lowest BCUT2D eigenvalue weighted by Crippen LogP contribution is -2.19. The summed E-state index contributed by atoms with van der Waals surface area (Å²) in [6.07, 6.45) is 0. The fourth-order valence-electron chi connectivity index (χ4n) is 1.87. The number of hydrogen-bond acceptors (Lipinski definition) is 3. The molecule has 0 saturated carbocycles. The average molecular weight is 431 g/mol. The molecule has 0 aromatic heterocycles. The highest BCUT2D eigenvalue weighted by atomic mass is 79.9. The molecule has 0 amide bonds. The minimum Gasteiger partial charge on any atom is -0.317 e. The Morgan fingerprint density at radius 1 is 1.28 bits per heavy atom. The number of halogens is 4. The highest BCUT2D eigenvalue weighted by Gasteiger charge is 2.31. The standard InChI is InChI=1S/C11H7BrCl2N2S.BrH/c12-10-9(16-4-3-15-11(16)17-10)6-1-2-7(13)8(14)5-6;/h1-2,5H,3-4H2;1H. The first-order valence-electron chi connectivity index (χ1n) is 5.02. The van der Waals surface area contributed by atoms with E-state index in [0.717, 1.165) is 33.3 Å². The summed E-state index contributed by atoms with van der Waals surface area (Å²) in [6.45, 7) is 1.78. The molecule has 0 saturated heterocycles. The Hall–Kier alpha value is 0.320. The fourth-order valence-corrected chi connectivity index (χ4v) is 3.98. The van der Waals surface area contributed by atoms with E-state index < -0.39 is 0 Å². The van der Waals surface area contributed by atoms with Gasteiger partial charge in [0.25, 0.3) is 0 Å². The van der Waals surface area contributed by atoms with Crippen molar-refractivity contribution in [3.8, 4) is 0 Å². The molecule has 2 aliphatic rings. The summed E-state index contributed by atoms with van der Waals surface area (Å²) in [4.78, 5) is 6.64. The fraction of sp³-hybridized carbons (Fsp3) is 0.182. The molecule has 0 N–H and O–H groups in total. The first kappa shape index (κ1) is 14.7. The molecule has 1 aromatic carbocycles. The van der Waals surface area contributed by atoms with Gasteiger partial charge < -0.3 is 4.90 Å². The molecule has 2 nitrogen and oxygen atoms in total. The molecular formula is C11H8Br2Cl2N2S. The second-order valence-corrected chi connectivity index (χ2v) is 6.78. The average Bonchev–Trinajstić information content (AvgIpc) is 2.82. The zero-order chi connectivity index (χ0) is 12.0. The van der Waals surface area contributed by atoms with Crippen molar-refractivity contribution < 1.29 is 0 Å². The Morgan fingerprint density at radius 3 is 2.78 bits per heavy atom. The Kier molecular flexibility index (Phi) is 4.70. The maximum absolute atomic E-state index is 6.06. The van der Waals surface area contributed by atoms with Crippen LogP contribution in [0.2, 0.25) is 10.0 Å². The van der Waals surface area contributed by atoms with Crippen molar-refractivity contribution in [1.29, 1.82) is 0 Å². The van der Waals surface area contributed by atoms with E-state index in [4.69, 9.17) is 23.2 Å². The van der Waals surface area contributed by atoms with Crippen LogP contribution in [-0.2, 0) is 0 Å². The van der Waals surface area contributed by atoms with Gasteiger partial charge in [-0.15, -0.1) is 17.0 Å². The number of amidine groups is 1. The van der Waals surface area contributed by atoms with Crippen LogP contribution in [0.3, 0.4) is 0 Å². The van der Waals surface area contributed by atoms with Gasteiger partial charge in [0.05, 0.1) is 26.1 Å². The summed E-state index contributed by atoms with van der Waals surface area (Å²) in [5.41, 5.74) is 2.19. The summed E-state index contributed by atoms with van der Waals surface area (Å²) in [7, 11) is 0. The summed E-state index contributed by atoms with van der Waals surface area (Å²) in [5.74, 6) is 0. The van der Waals surface area contributed by atoms with Crippen molar-refractivity contribution in [2.75, 3.05) is 13.1 Å². The Bertz CT molecular complexity index is 560. The molecule has 2 aliphatic heterocycles. The molecule has 0 aliphatic carbocycles. The van der Waals surface area contributed by atoms with Crippen molar-refractivity contribution in [1.82, 2.24) is 4.90 Å². The first-order valence-corrected chi connectivity index (χ1v) is 7.38. The number of nitrogens with zero attached hydrogens (tertiary/aromatic N) is 2. The van der Waals surface area contributed by atoms with Gasteiger partial charge in [-0.05, 0) is 39.8 Å². The number of hydrogen-bond donors (Lipinski definition) is 0. The lowest BCUT2D eigenvalue weighted by atomic mass is 10.1. The van der Waals surface area contributed by atoms with E-state index >= 15 is 0 Å². The highest BCUT2D eigenvalue weighted by Crippen LogP contribution is 2.45. The third-order valence-electron chi connectivity index (χ3n) is 2.63. The van der Waals surface area contributed by atoms with Crippen molar-refractivity contribution in [3.05, 3.63) is 37.6 Å². The van der Waals surface area contributed by atoms with Crippen LogP contribution in [0.15, 0.2) is 27.0 Å². The first-order chi connectivity index (χ1) is 8.16. The molecule has 2 heterocycles. The quantitative estimate of drug-likeness (QED) is 0.622. The van der Waals surface area contributed by atoms with Gasteiger partial charge in [0.15, 0.2) is 5.17 Å². The van der Waals surface area contributed by atoms with Crippen LogP contribution >= 0.6 is 67.9 Å². The third kappa shape index (κ3) is 2.48. The SMILES string of the molecule is Br.Clc1ccc(C2=C(Br)SC3=NCCN32)cc1Cl. The maximum atomic E-state index is 6.06. The zero-order valence-corrected chi connectivity index (χ0v) is 14.6. The molecule has 0 fully saturated rings. The topological polar surface area (TPSA) is 15.6 Å². The summed E-state index contributed by atoms with van der Waals surface area (Å²) >= 11 is 17.2. The van der Waals surface area contributed by atoms with Crippen molar-refractivity contribution >= 4 is 78.7 Å². The van der Waals surface area contributed by atoms with Crippen LogP contribution in [0.5, 0.6) is 0 Å². The van der Waals surface area contributed by atoms with E-state index in [1.54, 1.807) is 11.8 Å². The van der Waals surface area contributed by atoms with Crippen molar-refractivity contribution in [2.45, 2.75) is 0 Å². The lowest BCUT2D eigenvalue weighted by molar-refractivity contribution is 0.649. The number of fused-ring (bicyclic) bond motifs is 1. The number of benzene rings is 1. The van der Waals surface area contributed by atoms with Gasteiger partial charge in [0.2, 0.25) is 0 Å². The van der Waals surface area contributed by atoms with Gasteiger partial charge in [0.1, 0.15) is 0 Å². The maximum Gasteiger partial charge on any atom is 0.169 e. The normalized spacial score (nSPS) is 17.7. The molecule has 0 spiro atoms. The van der Waals surface area contributed by atoms with Gasteiger partial charge in [-0.3, -0.25) is 4.99 Å². The van der Waals surface area contributed by atoms with Crippen molar-refractivity contribution in [2.24, 2.45) is 4.99 Å². The Balaban J connectivity index is 0.00000120. The van der Waals surface area contributed by atoms with Gasteiger partial charge in [0, 0.05) is 12.1 Å². The second kappa shape index (κ2) is 5.75. The van der Waals surface area contributed by atoms with Crippen LogP contribution in [-0.4, -0.2) is 23.2 Å². The summed E-state index contributed by atoms with van der Waals surface area (Å²) in [5, 5.41) is 2.21. The van der Waals surface area contributed by atoms with E-state index in [1.807, 2.05) is 18.2 Å². The lowest BCUT2D eigenvalue weighted by Gasteiger charge is -2.17. The van der Waals surface area contributed by atoms with Crippen LogP contribution in [0.4, 0.5) is 0 Å². The van der Waals surface area contributed by atoms with E-state index in [-0.39, 0.29) is 17.0 Å². The van der Waals surface area contributed by atoms with E-state index in [2.05, 4.69) is 25.8 Å². The van der Waals surface area contributed by atoms with E-state index in [1.165, 1.54) is 0 Å². The molecular weight excluding hydrogens is 423 g/mol. The third-order valence-corrected chi connectivity index (χ3v) is 5.14. The van der Waals surface area contributed by atoms with Crippen LogP contribution in [0.25, 0.3) is 5.70 Å². The largest absolute Gasteiger partial charge is 0.317 e. The predicted octanol–water partition coefficient (Wildman–Crippen LogP) is 5.01. The second-order valence-electron chi connectivity index (χ2n) is 3.67. The molecule has 1 aromatic rings. The molecule has 0 unspecified atom stereocenters. The Morgan fingerprint density at radius 2 is 2.06 bits per heavy atom. The van der Waals surface area contributed by atoms with Gasteiger partial charge in [-0.1, -0.05) is 29.3 Å². The van der Waals surface area contributed by atoms with Crippen LogP contribution in [0, 0.1) is 0 Å². The molecule has 18 heavy (non-hydrogen) atoms. The molecule has 96 valence electrons. The Labute approximate surface area is 138 Å². The van der Waals surface area contributed by atoms with Gasteiger partial charge in [-0.25, -0.2) is 0 Å². The molecule has 0 radical (unpaired) electrons. The number of aliphatic imine (C=N–C) groups is 1. The smallest absolute Gasteiger partial charge is 0.169 e. The van der Waals surface area contributed by atoms with Gasteiger partial charge in [-0.2, -0.15) is 0 Å². The van der Waals surface area contributed by atoms with E-state index in [9.17, 15) is 0 Å². The molecule has 7 heteroatoms. The zero-order valence-electron chi connectivity index (χ0n) is 8.99. The molecule has 0 atom stereocenters. The summed E-state index contributed by atoms with van der Waals surface area (Å²) < 4.78 is 1.08. The minimum atomic E-state index is 0. The predicted molar refractivity (Wildman–Crippen MR) is 89.2 cm³/mol. The monoisotopic (exact) mass is 428 g/mol. The minimum absolute atomic E-state index is 0. The van der Waals surface area contributed by atoms with Crippen LogP contribution < -0.4 is 0 Å². The molecule has 0 bridgehead atoms. The molecule has 3 rings (SSSR count). The highest BCUT2D eigenvalue weighted by molar-refractivity contribution is 9.14. The number of thioether (sulfide) groups is 1. The van der Waals surface area contributed by atoms with Crippen molar-refractivity contribution in [3.63, 3.8) is 0 Å². The summed E-state index contributed by atoms with van der Waals surface area (Å²) in [6, 6.07) is 5.69. The van der Waals surface area contributed by atoms with Crippen LogP contribution in [0.1, 0.15) is 5.56 Å². The van der Waals surface area contributed by atoms with Gasteiger partial charge >= 0.3 is 0 Å².